The van der Waals surface area contributed by atoms with Crippen LogP contribution in [-0.2, 0) is 4.74 Å². The van der Waals surface area contributed by atoms with Crippen molar-refractivity contribution in [3.8, 4) is 0 Å². The van der Waals surface area contributed by atoms with Gasteiger partial charge < -0.3 is 14.9 Å². The molecule has 1 unspecified atom stereocenters. The SMILES string of the molecule is CCN1CCOC(CSc2nc3cc(N)ccc3o2)C1. The summed E-state index contributed by atoms with van der Waals surface area (Å²) in [6, 6.07) is 5.52. The van der Waals surface area contributed by atoms with Crippen molar-refractivity contribution in [2.75, 3.05) is 37.7 Å². The van der Waals surface area contributed by atoms with Crippen molar-refractivity contribution in [3.63, 3.8) is 0 Å². The van der Waals surface area contributed by atoms with Crippen LogP contribution in [0.4, 0.5) is 5.69 Å². The van der Waals surface area contributed by atoms with Gasteiger partial charge in [0.05, 0.1) is 12.7 Å². The number of aromatic nitrogens is 1. The molecule has 1 saturated heterocycles. The Hall–Kier alpha value is -1.24. The molecular formula is C14H19N3O2S. The second-order valence-electron chi connectivity index (χ2n) is 4.90. The third-order valence-electron chi connectivity index (χ3n) is 3.45. The molecule has 0 amide bonds. The molecule has 2 heterocycles. The number of rotatable bonds is 4. The Kier molecular flexibility index (Phi) is 4.14. The van der Waals surface area contributed by atoms with E-state index in [4.69, 9.17) is 14.9 Å². The van der Waals surface area contributed by atoms with Crippen molar-refractivity contribution in [3.05, 3.63) is 18.2 Å². The van der Waals surface area contributed by atoms with Crippen LogP contribution in [0.5, 0.6) is 0 Å². The number of oxazole rings is 1. The van der Waals surface area contributed by atoms with Crippen LogP contribution in [0.25, 0.3) is 11.1 Å². The Balaban J connectivity index is 1.62. The summed E-state index contributed by atoms with van der Waals surface area (Å²) in [5.74, 6) is 0.860. The predicted octanol–water partition coefficient (Wildman–Crippen LogP) is 2.22. The van der Waals surface area contributed by atoms with E-state index in [-0.39, 0.29) is 6.10 Å². The van der Waals surface area contributed by atoms with Crippen LogP contribution in [0.15, 0.2) is 27.8 Å². The molecule has 0 radical (unpaired) electrons. The number of morpholine rings is 1. The first-order chi connectivity index (χ1) is 9.74. The van der Waals surface area contributed by atoms with E-state index in [1.54, 1.807) is 11.8 Å². The van der Waals surface area contributed by atoms with Gasteiger partial charge in [-0.2, -0.15) is 0 Å². The van der Waals surface area contributed by atoms with Crippen LogP contribution in [0.1, 0.15) is 6.92 Å². The number of thioether (sulfide) groups is 1. The van der Waals surface area contributed by atoms with Gasteiger partial charge >= 0.3 is 0 Å². The minimum atomic E-state index is 0.244. The summed E-state index contributed by atoms with van der Waals surface area (Å²) in [6.45, 7) is 6.08. The van der Waals surface area contributed by atoms with E-state index in [1.165, 1.54) is 0 Å². The Bertz CT molecular complexity index is 587. The maximum absolute atomic E-state index is 5.77. The average Bonchev–Trinajstić information content (AvgIpc) is 2.87. The molecule has 108 valence electrons. The van der Waals surface area contributed by atoms with Crippen LogP contribution in [-0.4, -0.2) is 48.0 Å². The monoisotopic (exact) mass is 293 g/mol. The maximum Gasteiger partial charge on any atom is 0.256 e. The second-order valence-corrected chi connectivity index (χ2v) is 5.88. The van der Waals surface area contributed by atoms with E-state index in [0.29, 0.717) is 10.9 Å². The predicted molar refractivity (Wildman–Crippen MR) is 81.0 cm³/mol. The van der Waals surface area contributed by atoms with Gasteiger partial charge in [0, 0.05) is 24.5 Å². The molecule has 3 rings (SSSR count). The van der Waals surface area contributed by atoms with Gasteiger partial charge in [-0.1, -0.05) is 18.7 Å². The molecule has 0 bridgehead atoms. The summed E-state index contributed by atoms with van der Waals surface area (Å²) in [5, 5.41) is 0.683. The molecule has 5 nitrogen and oxygen atoms in total. The highest BCUT2D eigenvalue weighted by molar-refractivity contribution is 7.99. The van der Waals surface area contributed by atoms with E-state index < -0.39 is 0 Å². The number of anilines is 1. The fourth-order valence-electron chi connectivity index (χ4n) is 2.32. The van der Waals surface area contributed by atoms with Crippen molar-refractivity contribution < 1.29 is 9.15 Å². The summed E-state index contributed by atoms with van der Waals surface area (Å²) in [6.07, 6.45) is 0.244. The second kappa shape index (κ2) is 6.03. The third-order valence-corrected chi connectivity index (χ3v) is 4.41. The third kappa shape index (κ3) is 3.08. The van der Waals surface area contributed by atoms with Crippen molar-refractivity contribution in [1.29, 1.82) is 0 Å². The van der Waals surface area contributed by atoms with Crippen molar-refractivity contribution in [2.45, 2.75) is 18.3 Å². The average molecular weight is 293 g/mol. The zero-order chi connectivity index (χ0) is 13.9. The number of hydrogen-bond donors (Lipinski definition) is 1. The smallest absolute Gasteiger partial charge is 0.256 e. The standard InChI is InChI=1S/C14H19N3O2S/c1-2-17-5-6-18-11(8-17)9-20-14-16-12-7-10(15)3-4-13(12)19-14/h3-4,7,11H,2,5-6,8-9,15H2,1H3. The molecule has 1 aliphatic heterocycles. The number of likely N-dealkylation sites (N-methyl/N-ethyl adjacent to an activating group) is 1. The summed E-state index contributed by atoms with van der Waals surface area (Å²) >= 11 is 1.60. The van der Waals surface area contributed by atoms with Gasteiger partial charge in [0.1, 0.15) is 5.52 Å². The molecule has 0 saturated carbocycles. The Morgan fingerprint density at radius 3 is 3.25 bits per heavy atom. The summed E-state index contributed by atoms with van der Waals surface area (Å²) in [5.41, 5.74) is 8.04. The minimum absolute atomic E-state index is 0.244. The van der Waals surface area contributed by atoms with Gasteiger partial charge in [-0.25, -0.2) is 4.98 Å². The van der Waals surface area contributed by atoms with Gasteiger partial charge in [-0.15, -0.1) is 0 Å². The van der Waals surface area contributed by atoms with E-state index in [0.717, 1.165) is 43.1 Å². The number of nitrogen functional groups attached to an aromatic ring is 1. The topological polar surface area (TPSA) is 64.5 Å². The Labute approximate surface area is 122 Å². The normalized spacial score (nSPS) is 20.6. The fraction of sp³-hybridized carbons (Fsp3) is 0.500. The van der Waals surface area contributed by atoms with Gasteiger partial charge in [-0.05, 0) is 24.7 Å². The molecule has 1 fully saturated rings. The lowest BCUT2D eigenvalue weighted by molar-refractivity contribution is -0.0137. The van der Waals surface area contributed by atoms with Crippen molar-refractivity contribution in [2.24, 2.45) is 0 Å². The van der Waals surface area contributed by atoms with Crippen LogP contribution < -0.4 is 5.73 Å². The van der Waals surface area contributed by atoms with E-state index in [9.17, 15) is 0 Å². The van der Waals surface area contributed by atoms with Crippen LogP contribution in [0.3, 0.4) is 0 Å². The number of nitrogens with two attached hydrogens (primary N) is 1. The van der Waals surface area contributed by atoms with Gasteiger partial charge in [-0.3, -0.25) is 4.90 Å². The number of fused-ring (bicyclic) bond motifs is 1. The quantitative estimate of drug-likeness (QED) is 0.689. The molecule has 0 aliphatic carbocycles. The molecule has 20 heavy (non-hydrogen) atoms. The lowest BCUT2D eigenvalue weighted by atomic mass is 10.3. The molecule has 0 spiro atoms. The zero-order valence-electron chi connectivity index (χ0n) is 11.5. The van der Waals surface area contributed by atoms with E-state index in [2.05, 4.69) is 16.8 Å². The number of benzene rings is 1. The minimum Gasteiger partial charge on any atom is -0.431 e. The number of ether oxygens (including phenoxy) is 1. The van der Waals surface area contributed by atoms with E-state index >= 15 is 0 Å². The highest BCUT2D eigenvalue weighted by Crippen LogP contribution is 2.26. The first kappa shape index (κ1) is 13.7. The van der Waals surface area contributed by atoms with Crippen LogP contribution in [0, 0.1) is 0 Å². The molecular weight excluding hydrogens is 274 g/mol. The highest BCUT2D eigenvalue weighted by atomic mass is 32.2. The molecule has 1 aromatic carbocycles. The lowest BCUT2D eigenvalue weighted by Crippen LogP contribution is -2.43. The molecule has 2 N–H and O–H groups in total. The Morgan fingerprint density at radius 1 is 1.50 bits per heavy atom. The number of nitrogens with zero attached hydrogens (tertiary/aromatic N) is 2. The summed E-state index contributed by atoms with van der Waals surface area (Å²) in [4.78, 5) is 6.85. The zero-order valence-corrected chi connectivity index (χ0v) is 12.4. The highest BCUT2D eigenvalue weighted by Gasteiger charge is 2.20. The molecule has 6 heteroatoms. The summed E-state index contributed by atoms with van der Waals surface area (Å²) < 4.78 is 11.5. The number of hydrogen-bond acceptors (Lipinski definition) is 6. The molecule has 1 aromatic heterocycles. The van der Waals surface area contributed by atoms with Gasteiger partial charge in [0.15, 0.2) is 5.58 Å². The first-order valence-corrected chi connectivity index (χ1v) is 7.86. The molecule has 2 aromatic rings. The molecule has 1 aliphatic rings. The fourth-order valence-corrected chi connectivity index (χ4v) is 3.16. The maximum atomic E-state index is 5.77. The van der Waals surface area contributed by atoms with Gasteiger partial charge in [0.25, 0.3) is 5.22 Å². The molecule has 1 atom stereocenters. The Morgan fingerprint density at radius 2 is 2.40 bits per heavy atom. The van der Waals surface area contributed by atoms with Crippen LogP contribution >= 0.6 is 11.8 Å². The van der Waals surface area contributed by atoms with E-state index in [1.807, 2.05) is 18.2 Å². The largest absolute Gasteiger partial charge is 0.431 e. The van der Waals surface area contributed by atoms with Crippen molar-refractivity contribution in [1.82, 2.24) is 9.88 Å². The van der Waals surface area contributed by atoms with Crippen LogP contribution in [0.2, 0.25) is 0 Å². The lowest BCUT2D eigenvalue weighted by Gasteiger charge is -2.31. The van der Waals surface area contributed by atoms with Gasteiger partial charge in [0.2, 0.25) is 0 Å². The summed E-state index contributed by atoms with van der Waals surface area (Å²) in [7, 11) is 0. The first-order valence-electron chi connectivity index (χ1n) is 6.87. The van der Waals surface area contributed by atoms with Crippen molar-refractivity contribution >= 4 is 28.5 Å².